The molecular formula is C14H21NO. The zero-order valence-electron chi connectivity index (χ0n) is 10.3. The first-order valence-electron chi connectivity index (χ1n) is 6.28. The molecular weight excluding hydrogens is 198 g/mol. The summed E-state index contributed by atoms with van der Waals surface area (Å²) in [5, 5.41) is 3.39. The van der Waals surface area contributed by atoms with E-state index < -0.39 is 0 Å². The van der Waals surface area contributed by atoms with Gasteiger partial charge in [0.1, 0.15) is 5.75 Å². The van der Waals surface area contributed by atoms with Gasteiger partial charge < -0.3 is 10.1 Å². The normalized spacial score (nSPS) is 19.8. The first kappa shape index (κ1) is 11.5. The van der Waals surface area contributed by atoms with E-state index in [4.69, 9.17) is 4.74 Å². The average molecular weight is 219 g/mol. The van der Waals surface area contributed by atoms with Gasteiger partial charge in [-0.2, -0.15) is 0 Å². The number of fused-ring (bicyclic) bond motifs is 1. The molecule has 0 amide bonds. The minimum absolute atomic E-state index is 0.453. The van der Waals surface area contributed by atoms with Gasteiger partial charge in [0, 0.05) is 11.6 Å². The molecule has 1 N–H and O–H groups in total. The Labute approximate surface area is 98.0 Å². The summed E-state index contributed by atoms with van der Waals surface area (Å²) in [5.41, 5.74) is 2.76. The summed E-state index contributed by atoms with van der Waals surface area (Å²) >= 11 is 0. The van der Waals surface area contributed by atoms with E-state index in [0.29, 0.717) is 6.04 Å². The molecule has 2 nitrogen and oxygen atoms in total. The molecule has 1 aromatic carbocycles. The lowest BCUT2D eigenvalue weighted by Gasteiger charge is -2.16. The average Bonchev–Trinajstić information content (AvgIpc) is 2.51. The van der Waals surface area contributed by atoms with E-state index in [2.05, 4.69) is 30.4 Å². The van der Waals surface area contributed by atoms with E-state index >= 15 is 0 Å². The Kier molecular flexibility index (Phi) is 3.83. The molecule has 0 spiro atoms. The molecule has 1 aliphatic rings. The smallest absolute Gasteiger partial charge is 0.124 e. The molecule has 1 aliphatic heterocycles. The predicted molar refractivity (Wildman–Crippen MR) is 67.0 cm³/mol. The summed E-state index contributed by atoms with van der Waals surface area (Å²) in [4.78, 5) is 0. The van der Waals surface area contributed by atoms with Gasteiger partial charge in [0.15, 0.2) is 0 Å². The lowest BCUT2D eigenvalue weighted by molar-refractivity contribution is 0.315. The zero-order valence-corrected chi connectivity index (χ0v) is 10.3. The summed E-state index contributed by atoms with van der Waals surface area (Å²) in [7, 11) is 2.03. The third kappa shape index (κ3) is 2.38. The Bertz CT molecular complexity index is 349. The molecule has 1 aromatic rings. The summed E-state index contributed by atoms with van der Waals surface area (Å²) < 4.78 is 5.77. The monoisotopic (exact) mass is 219 g/mol. The molecule has 0 radical (unpaired) electrons. The van der Waals surface area contributed by atoms with E-state index in [0.717, 1.165) is 25.2 Å². The molecule has 1 heterocycles. The van der Waals surface area contributed by atoms with Crippen LogP contribution < -0.4 is 10.1 Å². The van der Waals surface area contributed by atoms with Gasteiger partial charge >= 0.3 is 0 Å². The van der Waals surface area contributed by atoms with E-state index in [9.17, 15) is 0 Å². The van der Waals surface area contributed by atoms with Gasteiger partial charge in [0.25, 0.3) is 0 Å². The Morgan fingerprint density at radius 2 is 2.31 bits per heavy atom. The third-order valence-electron chi connectivity index (χ3n) is 3.23. The summed E-state index contributed by atoms with van der Waals surface area (Å²) in [5.74, 6) is 1.07. The lowest BCUT2D eigenvalue weighted by atomic mass is 9.98. The van der Waals surface area contributed by atoms with Crippen LogP contribution in [0.15, 0.2) is 18.2 Å². The highest BCUT2D eigenvalue weighted by Crippen LogP contribution is 2.32. The van der Waals surface area contributed by atoms with Gasteiger partial charge in [0.05, 0.1) is 6.61 Å². The van der Waals surface area contributed by atoms with Crippen molar-refractivity contribution in [3.63, 3.8) is 0 Å². The first-order chi connectivity index (χ1) is 7.85. The maximum atomic E-state index is 5.77. The van der Waals surface area contributed by atoms with Crippen molar-refractivity contribution < 1.29 is 4.74 Å². The van der Waals surface area contributed by atoms with Crippen LogP contribution in [0.5, 0.6) is 5.75 Å². The molecule has 0 saturated carbocycles. The second kappa shape index (κ2) is 5.35. The number of hydrogen-bond donors (Lipinski definition) is 1. The molecule has 0 aliphatic carbocycles. The minimum atomic E-state index is 0.453. The summed E-state index contributed by atoms with van der Waals surface area (Å²) in [6.07, 6.45) is 4.65. The van der Waals surface area contributed by atoms with Gasteiger partial charge in [-0.1, -0.05) is 25.5 Å². The third-order valence-corrected chi connectivity index (χ3v) is 3.23. The molecule has 1 unspecified atom stereocenters. The van der Waals surface area contributed by atoms with Crippen LogP contribution >= 0.6 is 0 Å². The van der Waals surface area contributed by atoms with Crippen LogP contribution in [0.3, 0.4) is 0 Å². The highest BCUT2D eigenvalue weighted by molar-refractivity contribution is 5.40. The van der Waals surface area contributed by atoms with E-state index in [1.54, 1.807) is 0 Å². The van der Waals surface area contributed by atoms with Crippen molar-refractivity contribution in [2.24, 2.45) is 0 Å². The largest absolute Gasteiger partial charge is 0.493 e. The highest BCUT2D eigenvalue weighted by Gasteiger charge is 2.18. The Balaban J connectivity index is 2.32. The Morgan fingerprint density at radius 1 is 1.44 bits per heavy atom. The number of benzene rings is 1. The summed E-state index contributed by atoms with van der Waals surface area (Å²) in [6.45, 7) is 3.07. The van der Waals surface area contributed by atoms with Gasteiger partial charge in [-0.15, -0.1) is 0 Å². The molecule has 0 bridgehead atoms. The fourth-order valence-corrected chi connectivity index (χ4v) is 2.37. The second-order valence-electron chi connectivity index (χ2n) is 4.45. The van der Waals surface area contributed by atoms with Crippen LogP contribution in [0.1, 0.15) is 43.4 Å². The standard InChI is InChI=1S/C14H21NO/c1-3-5-11-7-8-14-12(10-11)13(15-2)6-4-9-16-14/h7-8,10,13,15H,3-6,9H2,1-2H3. The molecule has 2 heteroatoms. The predicted octanol–water partition coefficient (Wildman–Crippen LogP) is 3.07. The van der Waals surface area contributed by atoms with Crippen LogP contribution in [-0.4, -0.2) is 13.7 Å². The van der Waals surface area contributed by atoms with Gasteiger partial charge in [0.2, 0.25) is 0 Å². The molecule has 88 valence electrons. The van der Waals surface area contributed by atoms with Crippen LogP contribution in [0.4, 0.5) is 0 Å². The second-order valence-corrected chi connectivity index (χ2v) is 4.45. The van der Waals surface area contributed by atoms with Crippen LogP contribution in [0.25, 0.3) is 0 Å². The number of rotatable bonds is 3. The number of hydrogen-bond acceptors (Lipinski definition) is 2. The Morgan fingerprint density at radius 3 is 3.06 bits per heavy atom. The van der Waals surface area contributed by atoms with Crippen molar-refractivity contribution in [1.82, 2.24) is 5.32 Å². The first-order valence-corrected chi connectivity index (χ1v) is 6.28. The Hall–Kier alpha value is -1.02. The number of ether oxygens (including phenoxy) is 1. The van der Waals surface area contributed by atoms with Crippen molar-refractivity contribution in [1.29, 1.82) is 0 Å². The fraction of sp³-hybridized carbons (Fsp3) is 0.571. The van der Waals surface area contributed by atoms with Crippen LogP contribution in [0.2, 0.25) is 0 Å². The minimum Gasteiger partial charge on any atom is -0.493 e. The SMILES string of the molecule is CCCc1ccc2c(c1)C(NC)CCCO2. The molecule has 0 aromatic heterocycles. The summed E-state index contributed by atoms with van der Waals surface area (Å²) in [6, 6.07) is 7.09. The molecule has 1 atom stereocenters. The maximum absolute atomic E-state index is 5.77. The molecule has 0 fully saturated rings. The topological polar surface area (TPSA) is 21.3 Å². The van der Waals surface area contributed by atoms with Gasteiger partial charge in [-0.05, 0) is 37.9 Å². The van der Waals surface area contributed by atoms with Crippen molar-refractivity contribution in [2.75, 3.05) is 13.7 Å². The molecule has 16 heavy (non-hydrogen) atoms. The quantitative estimate of drug-likeness (QED) is 0.843. The molecule has 0 saturated heterocycles. The molecule has 2 rings (SSSR count). The van der Waals surface area contributed by atoms with Crippen molar-refractivity contribution in [3.05, 3.63) is 29.3 Å². The number of aryl methyl sites for hydroxylation is 1. The van der Waals surface area contributed by atoms with Crippen molar-refractivity contribution in [3.8, 4) is 5.75 Å². The lowest BCUT2D eigenvalue weighted by Crippen LogP contribution is -2.15. The maximum Gasteiger partial charge on any atom is 0.124 e. The van der Waals surface area contributed by atoms with E-state index in [1.807, 2.05) is 7.05 Å². The zero-order chi connectivity index (χ0) is 11.4. The highest BCUT2D eigenvalue weighted by atomic mass is 16.5. The van der Waals surface area contributed by atoms with E-state index in [-0.39, 0.29) is 0 Å². The van der Waals surface area contributed by atoms with Crippen molar-refractivity contribution in [2.45, 2.75) is 38.6 Å². The van der Waals surface area contributed by atoms with Crippen molar-refractivity contribution >= 4 is 0 Å². The van der Waals surface area contributed by atoms with Crippen LogP contribution in [-0.2, 0) is 6.42 Å². The van der Waals surface area contributed by atoms with Crippen LogP contribution in [0, 0.1) is 0 Å². The van der Waals surface area contributed by atoms with E-state index in [1.165, 1.54) is 24.0 Å². The van der Waals surface area contributed by atoms with Gasteiger partial charge in [-0.25, -0.2) is 0 Å². The van der Waals surface area contributed by atoms with Gasteiger partial charge in [-0.3, -0.25) is 0 Å². The number of nitrogens with one attached hydrogen (secondary N) is 1. The fourth-order valence-electron chi connectivity index (χ4n) is 2.37.